The summed E-state index contributed by atoms with van der Waals surface area (Å²) >= 11 is 0. The predicted molar refractivity (Wildman–Crippen MR) is 52.1 cm³/mol. The summed E-state index contributed by atoms with van der Waals surface area (Å²) in [5, 5.41) is 10.6. The molecule has 0 radical (unpaired) electrons. The largest absolute Gasteiger partial charge is 0.303 e. The molecule has 0 aromatic heterocycles. The second-order valence-corrected chi connectivity index (χ2v) is 2.94. The Labute approximate surface area is 81.7 Å². The third-order valence-corrected chi connectivity index (χ3v) is 1.96. The first kappa shape index (κ1) is 10.4. The molecule has 0 spiro atoms. The normalized spacial score (nSPS) is 9.71. The van der Waals surface area contributed by atoms with Gasteiger partial charge in [-0.25, -0.2) is 0 Å². The van der Waals surface area contributed by atoms with Crippen molar-refractivity contribution in [3.05, 3.63) is 39.9 Å². The van der Waals surface area contributed by atoms with Crippen molar-refractivity contribution in [2.24, 2.45) is 0 Å². The van der Waals surface area contributed by atoms with Crippen LogP contribution < -0.4 is 0 Å². The average molecular weight is 193 g/mol. The van der Waals surface area contributed by atoms with Crippen LogP contribution in [0.1, 0.15) is 18.4 Å². The molecule has 0 heterocycles. The Hall–Kier alpha value is -1.71. The first-order valence-electron chi connectivity index (χ1n) is 4.41. The molecule has 0 fully saturated rings. The topological polar surface area (TPSA) is 60.2 Å². The molecule has 0 aliphatic heterocycles. The number of para-hydroxylation sites is 1. The quantitative estimate of drug-likeness (QED) is 0.311. The molecule has 0 saturated heterocycles. The van der Waals surface area contributed by atoms with Crippen LogP contribution in [0, 0.1) is 10.1 Å². The minimum atomic E-state index is -0.393. The van der Waals surface area contributed by atoms with Gasteiger partial charge >= 0.3 is 0 Å². The van der Waals surface area contributed by atoms with Gasteiger partial charge in [-0.1, -0.05) is 18.2 Å². The maximum absolute atomic E-state index is 10.6. The van der Waals surface area contributed by atoms with Crippen molar-refractivity contribution in [2.75, 3.05) is 0 Å². The van der Waals surface area contributed by atoms with Crippen molar-refractivity contribution in [1.82, 2.24) is 0 Å². The van der Waals surface area contributed by atoms with Crippen LogP contribution in [0.4, 0.5) is 5.69 Å². The second kappa shape index (κ2) is 5.11. The van der Waals surface area contributed by atoms with Gasteiger partial charge in [-0.2, -0.15) is 0 Å². The lowest BCUT2D eigenvalue weighted by Crippen LogP contribution is -1.95. The highest BCUT2D eigenvalue weighted by molar-refractivity contribution is 5.49. The van der Waals surface area contributed by atoms with Crippen molar-refractivity contribution in [3.63, 3.8) is 0 Å². The molecule has 1 aromatic carbocycles. The minimum Gasteiger partial charge on any atom is -0.303 e. The van der Waals surface area contributed by atoms with E-state index in [0.29, 0.717) is 24.8 Å². The Kier molecular flexibility index (Phi) is 3.79. The van der Waals surface area contributed by atoms with E-state index in [1.165, 1.54) is 6.07 Å². The highest BCUT2D eigenvalue weighted by Gasteiger charge is 2.10. The zero-order valence-electron chi connectivity index (χ0n) is 7.68. The van der Waals surface area contributed by atoms with Crippen LogP contribution in [0.15, 0.2) is 24.3 Å². The van der Waals surface area contributed by atoms with Gasteiger partial charge < -0.3 is 4.79 Å². The van der Waals surface area contributed by atoms with Gasteiger partial charge in [0.25, 0.3) is 5.69 Å². The molecule has 0 bridgehead atoms. The van der Waals surface area contributed by atoms with Gasteiger partial charge in [-0.3, -0.25) is 10.1 Å². The Morgan fingerprint density at radius 2 is 2.07 bits per heavy atom. The predicted octanol–water partition coefficient (Wildman–Crippen LogP) is 2.12. The lowest BCUT2D eigenvalue weighted by molar-refractivity contribution is -0.385. The van der Waals surface area contributed by atoms with E-state index in [1.54, 1.807) is 18.2 Å². The number of nitro benzene ring substituents is 1. The Morgan fingerprint density at radius 3 is 2.71 bits per heavy atom. The first-order chi connectivity index (χ1) is 6.75. The first-order valence-corrected chi connectivity index (χ1v) is 4.41. The summed E-state index contributed by atoms with van der Waals surface area (Å²) in [7, 11) is 0. The number of aldehydes is 1. The Morgan fingerprint density at radius 1 is 1.36 bits per heavy atom. The maximum Gasteiger partial charge on any atom is 0.272 e. The summed E-state index contributed by atoms with van der Waals surface area (Å²) in [6, 6.07) is 6.61. The van der Waals surface area contributed by atoms with Gasteiger partial charge in [0.1, 0.15) is 6.29 Å². The van der Waals surface area contributed by atoms with Crippen LogP contribution in [0.5, 0.6) is 0 Å². The zero-order valence-corrected chi connectivity index (χ0v) is 7.68. The van der Waals surface area contributed by atoms with Crippen molar-refractivity contribution in [2.45, 2.75) is 19.3 Å². The molecular weight excluding hydrogens is 182 g/mol. The molecule has 0 aliphatic carbocycles. The summed E-state index contributed by atoms with van der Waals surface area (Å²) in [6.07, 6.45) is 2.52. The number of unbranched alkanes of at least 4 members (excludes halogenated alkanes) is 1. The van der Waals surface area contributed by atoms with Gasteiger partial charge in [0.15, 0.2) is 0 Å². The van der Waals surface area contributed by atoms with Gasteiger partial charge in [0.05, 0.1) is 4.92 Å². The number of aryl methyl sites for hydroxylation is 1. The number of rotatable bonds is 5. The minimum absolute atomic E-state index is 0.137. The third-order valence-electron chi connectivity index (χ3n) is 1.96. The van der Waals surface area contributed by atoms with E-state index >= 15 is 0 Å². The summed E-state index contributed by atoms with van der Waals surface area (Å²) in [5.74, 6) is 0. The highest BCUT2D eigenvalue weighted by Crippen LogP contribution is 2.19. The summed E-state index contributed by atoms with van der Waals surface area (Å²) in [6.45, 7) is 0. The lowest BCUT2D eigenvalue weighted by Gasteiger charge is -2.00. The van der Waals surface area contributed by atoms with Crippen LogP contribution in [-0.4, -0.2) is 11.2 Å². The van der Waals surface area contributed by atoms with Crippen LogP contribution >= 0.6 is 0 Å². The fourth-order valence-electron chi connectivity index (χ4n) is 1.28. The van der Waals surface area contributed by atoms with Crippen LogP contribution in [-0.2, 0) is 11.2 Å². The average Bonchev–Trinajstić information content (AvgIpc) is 2.19. The maximum atomic E-state index is 10.6. The monoisotopic (exact) mass is 193 g/mol. The van der Waals surface area contributed by atoms with E-state index in [4.69, 9.17) is 0 Å². The molecule has 1 rings (SSSR count). The third kappa shape index (κ3) is 2.65. The van der Waals surface area contributed by atoms with Crippen molar-refractivity contribution < 1.29 is 9.72 Å². The molecule has 1 aromatic rings. The molecule has 0 unspecified atom stereocenters. The van der Waals surface area contributed by atoms with Crippen molar-refractivity contribution in [3.8, 4) is 0 Å². The van der Waals surface area contributed by atoms with Crippen molar-refractivity contribution >= 4 is 12.0 Å². The van der Waals surface area contributed by atoms with Gasteiger partial charge in [-0.05, 0) is 12.8 Å². The number of carbonyl (C=O) groups excluding carboxylic acids is 1. The Bertz CT molecular complexity index is 336. The van der Waals surface area contributed by atoms with E-state index in [1.807, 2.05) is 0 Å². The van der Waals surface area contributed by atoms with Gasteiger partial charge in [-0.15, -0.1) is 0 Å². The zero-order chi connectivity index (χ0) is 10.4. The number of hydrogen-bond acceptors (Lipinski definition) is 3. The molecule has 4 nitrogen and oxygen atoms in total. The molecule has 0 saturated carbocycles. The SMILES string of the molecule is O=CCCCc1ccccc1[N+](=O)[O-]. The fourth-order valence-corrected chi connectivity index (χ4v) is 1.28. The van der Waals surface area contributed by atoms with E-state index in [0.717, 1.165) is 6.29 Å². The number of hydrogen-bond donors (Lipinski definition) is 0. The molecule has 0 N–H and O–H groups in total. The molecule has 74 valence electrons. The summed E-state index contributed by atoms with van der Waals surface area (Å²) < 4.78 is 0. The van der Waals surface area contributed by atoms with E-state index in [-0.39, 0.29) is 5.69 Å². The standard InChI is InChI=1S/C10H11NO3/c12-8-4-3-6-9-5-1-2-7-10(9)11(13)14/h1-2,5,7-8H,3-4,6H2. The smallest absolute Gasteiger partial charge is 0.272 e. The molecule has 14 heavy (non-hydrogen) atoms. The van der Waals surface area contributed by atoms with Gasteiger partial charge in [0.2, 0.25) is 0 Å². The Balaban J connectivity index is 2.74. The van der Waals surface area contributed by atoms with E-state index in [9.17, 15) is 14.9 Å². The van der Waals surface area contributed by atoms with E-state index < -0.39 is 4.92 Å². The molecule has 0 aliphatic rings. The summed E-state index contributed by atoms with van der Waals surface area (Å²) in [4.78, 5) is 20.3. The molecule has 0 amide bonds. The van der Waals surface area contributed by atoms with Crippen LogP contribution in [0.3, 0.4) is 0 Å². The fraction of sp³-hybridized carbons (Fsp3) is 0.300. The van der Waals surface area contributed by atoms with Crippen molar-refractivity contribution in [1.29, 1.82) is 0 Å². The molecule has 4 heteroatoms. The highest BCUT2D eigenvalue weighted by atomic mass is 16.6. The number of nitro groups is 1. The molecular formula is C10H11NO3. The second-order valence-electron chi connectivity index (χ2n) is 2.94. The lowest BCUT2D eigenvalue weighted by atomic mass is 10.1. The molecule has 0 atom stereocenters. The van der Waals surface area contributed by atoms with Crippen LogP contribution in [0.2, 0.25) is 0 Å². The number of benzene rings is 1. The van der Waals surface area contributed by atoms with E-state index in [2.05, 4.69) is 0 Å². The summed E-state index contributed by atoms with van der Waals surface area (Å²) in [5.41, 5.74) is 0.831. The number of nitrogens with zero attached hydrogens (tertiary/aromatic N) is 1. The number of carbonyl (C=O) groups is 1. The van der Waals surface area contributed by atoms with Crippen LogP contribution in [0.25, 0.3) is 0 Å². The van der Waals surface area contributed by atoms with Gasteiger partial charge in [0, 0.05) is 18.1 Å².